The van der Waals surface area contributed by atoms with E-state index in [0.717, 1.165) is 11.3 Å². The molecule has 0 saturated carbocycles. The van der Waals surface area contributed by atoms with Gasteiger partial charge in [-0.3, -0.25) is 0 Å². The second kappa shape index (κ2) is 2.73. The van der Waals surface area contributed by atoms with Gasteiger partial charge in [0.2, 0.25) is 0 Å². The predicted molar refractivity (Wildman–Crippen MR) is 51.7 cm³/mol. The van der Waals surface area contributed by atoms with E-state index < -0.39 is 9.84 Å². The summed E-state index contributed by atoms with van der Waals surface area (Å²) in [5.74, 6) is 0.198. The molecule has 3 nitrogen and oxygen atoms in total. The van der Waals surface area contributed by atoms with Gasteiger partial charge in [-0.05, 0) is 18.6 Å². The van der Waals surface area contributed by atoms with Crippen LogP contribution in [-0.4, -0.2) is 20.7 Å². The molecule has 0 aliphatic carbocycles. The third kappa shape index (κ3) is 1.31. The van der Waals surface area contributed by atoms with Crippen LogP contribution in [0.4, 0.5) is 5.69 Å². The number of para-hydroxylation sites is 1. The van der Waals surface area contributed by atoms with Gasteiger partial charge >= 0.3 is 0 Å². The Hall–Kier alpha value is -1.03. The van der Waals surface area contributed by atoms with Crippen LogP contribution in [0.3, 0.4) is 0 Å². The minimum Gasteiger partial charge on any atom is -0.383 e. The highest BCUT2D eigenvalue weighted by Gasteiger charge is 2.23. The standard InChI is InChI=1S/C9H11NO2S/c1-7-3-2-4-8-9(7)10-5-6-13(8,11)12/h2-4,10H,5-6H2,1H3. The summed E-state index contributed by atoms with van der Waals surface area (Å²) in [4.78, 5) is 0.443. The minimum atomic E-state index is -3.03. The maximum absolute atomic E-state index is 11.6. The number of rotatable bonds is 0. The number of benzene rings is 1. The fourth-order valence-electron chi connectivity index (χ4n) is 1.55. The molecule has 0 radical (unpaired) electrons. The lowest BCUT2D eigenvalue weighted by atomic mass is 10.2. The van der Waals surface area contributed by atoms with Crippen LogP contribution in [0, 0.1) is 6.92 Å². The Morgan fingerprint density at radius 1 is 1.38 bits per heavy atom. The van der Waals surface area contributed by atoms with E-state index in [1.54, 1.807) is 12.1 Å². The summed E-state index contributed by atoms with van der Waals surface area (Å²) in [5.41, 5.74) is 1.76. The van der Waals surface area contributed by atoms with E-state index in [4.69, 9.17) is 0 Å². The molecular weight excluding hydrogens is 186 g/mol. The summed E-state index contributed by atoms with van der Waals surface area (Å²) in [5, 5.41) is 3.11. The molecule has 2 rings (SSSR count). The first-order valence-corrected chi connectivity index (χ1v) is 5.83. The van der Waals surface area contributed by atoms with Gasteiger partial charge in [0.1, 0.15) is 0 Å². The van der Waals surface area contributed by atoms with Crippen molar-refractivity contribution >= 4 is 15.5 Å². The lowest BCUT2D eigenvalue weighted by Gasteiger charge is -2.19. The van der Waals surface area contributed by atoms with Gasteiger partial charge in [-0.2, -0.15) is 0 Å². The minimum absolute atomic E-state index is 0.198. The molecule has 1 N–H and O–H groups in total. The molecule has 13 heavy (non-hydrogen) atoms. The molecule has 1 aliphatic rings. The number of hydrogen-bond acceptors (Lipinski definition) is 3. The number of nitrogens with one attached hydrogen (secondary N) is 1. The molecule has 0 bridgehead atoms. The molecule has 0 atom stereocenters. The maximum atomic E-state index is 11.6. The number of hydrogen-bond donors (Lipinski definition) is 1. The summed E-state index contributed by atoms with van der Waals surface area (Å²) in [6, 6.07) is 5.34. The van der Waals surface area contributed by atoms with E-state index in [2.05, 4.69) is 5.32 Å². The highest BCUT2D eigenvalue weighted by atomic mass is 32.2. The first kappa shape index (κ1) is 8.56. The largest absolute Gasteiger partial charge is 0.383 e. The van der Waals surface area contributed by atoms with Crippen molar-refractivity contribution in [3.05, 3.63) is 23.8 Å². The molecule has 0 amide bonds. The predicted octanol–water partition coefficient (Wildman–Crippen LogP) is 1.19. The SMILES string of the molecule is Cc1cccc2c1NCCS2(=O)=O. The summed E-state index contributed by atoms with van der Waals surface area (Å²) in [7, 11) is -3.03. The van der Waals surface area contributed by atoms with Gasteiger partial charge in [0.25, 0.3) is 0 Å². The van der Waals surface area contributed by atoms with Gasteiger partial charge < -0.3 is 5.32 Å². The van der Waals surface area contributed by atoms with Crippen LogP contribution in [0.5, 0.6) is 0 Å². The van der Waals surface area contributed by atoms with Gasteiger partial charge in [0, 0.05) is 6.54 Å². The number of anilines is 1. The summed E-state index contributed by atoms with van der Waals surface area (Å²) >= 11 is 0. The van der Waals surface area contributed by atoms with Crippen LogP contribution in [0.25, 0.3) is 0 Å². The average Bonchev–Trinajstić information content (AvgIpc) is 2.06. The first-order chi connectivity index (χ1) is 6.11. The van der Waals surface area contributed by atoms with Gasteiger partial charge in [0.15, 0.2) is 9.84 Å². The Balaban J connectivity index is 2.73. The van der Waals surface area contributed by atoms with Gasteiger partial charge in [0.05, 0.1) is 16.3 Å². The van der Waals surface area contributed by atoms with Gasteiger partial charge in [-0.25, -0.2) is 8.42 Å². The second-order valence-corrected chi connectivity index (χ2v) is 5.27. The summed E-state index contributed by atoms with van der Waals surface area (Å²) < 4.78 is 23.2. The van der Waals surface area contributed by atoms with E-state index in [1.807, 2.05) is 13.0 Å². The fraction of sp³-hybridized carbons (Fsp3) is 0.333. The van der Waals surface area contributed by atoms with Crippen LogP contribution in [0.2, 0.25) is 0 Å². The quantitative estimate of drug-likeness (QED) is 0.679. The molecule has 1 aromatic carbocycles. The fourth-order valence-corrected chi connectivity index (χ4v) is 2.97. The zero-order valence-electron chi connectivity index (χ0n) is 7.37. The van der Waals surface area contributed by atoms with Crippen molar-refractivity contribution in [1.29, 1.82) is 0 Å². The third-order valence-electron chi connectivity index (χ3n) is 2.24. The Morgan fingerprint density at radius 3 is 2.85 bits per heavy atom. The summed E-state index contributed by atoms with van der Waals surface area (Å²) in [6.45, 7) is 2.42. The Bertz CT molecular complexity index is 437. The Labute approximate surface area is 77.7 Å². The van der Waals surface area contributed by atoms with E-state index in [1.165, 1.54) is 0 Å². The zero-order chi connectivity index (χ0) is 9.47. The lowest BCUT2D eigenvalue weighted by Crippen LogP contribution is -2.23. The smallest absolute Gasteiger partial charge is 0.182 e. The monoisotopic (exact) mass is 197 g/mol. The highest BCUT2D eigenvalue weighted by Crippen LogP contribution is 2.28. The summed E-state index contributed by atoms with van der Waals surface area (Å²) in [6.07, 6.45) is 0. The maximum Gasteiger partial charge on any atom is 0.182 e. The molecule has 0 spiro atoms. The number of fused-ring (bicyclic) bond motifs is 1. The molecule has 0 unspecified atom stereocenters. The number of sulfone groups is 1. The van der Waals surface area contributed by atoms with E-state index in [9.17, 15) is 8.42 Å². The molecule has 70 valence electrons. The van der Waals surface area contributed by atoms with Gasteiger partial charge in [-0.15, -0.1) is 0 Å². The molecule has 1 aliphatic heterocycles. The normalized spacial score (nSPS) is 18.8. The van der Waals surface area contributed by atoms with Crippen LogP contribution in [0.1, 0.15) is 5.56 Å². The number of aryl methyl sites for hydroxylation is 1. The van der Waals surface area contributed by atoms with Crippen molar-refractivity contribution < 1.29 is 8.42 Å². The van der Waals surface area contributed by atoms with Crippen LogP contribution < -0.4 is 5.32 Å². The van der Waals surface area contributed by atoms with Crippen molar-refractivity contribution in [2.45, 2.75) is 11.8 Å². The topological polar surface area (TPSA) is 46.2 Å². The zero-order valence-corrected chi connectivity index (χ0v) is 8.19. The second-order valence-electron chi connectivity index (χ2n) is 3.19. The van der Waals surface area contributed by atoms with E-state index in [-0.39, 0.29) is 5.75 Å². The molecular formula is C9H11NO2S. The average molecular weight is 197 g/mol. The molecule has 0 fully saturated rings. The van der Waals surface area contributed by atoms with E-state index in [0.29, 0.717) is 11.4 Å². The Kier molecular flexibility index (Phi) is 1.80. The molecule has 1 heterocycles. The molecule has 1 aromatic rings. The van der Waals surface area contributed by atoms with Crippen molar-refractivity contribution in [2.75, 3.05) is 17.6 Å². The Morgan fingerprint density at radius 2 is 2.15 bits per heavy atom. The van der Waals surface area contributed by atoms with E-state index >= 15 is 0 Å². The lowest BCUT2D eigenvalue weighted by molar-refractivity contribution is 0.594. The highest BCUT2D eigenvalue weighted by molar-refractivity contribution is 7.91. The van der Waals surface area contributed by atoms with Crippen LogP contribution >= 0.6 is 0 Å². The first-order valence-electron chi connectivity index (χ1n) is 4.17. The molecule has 0 saturated heterocycles. The third-order valence-corrected chi connectivity index (χ3v) is 3.99. The van der Waals surface area contributed by atoms with Gasteiger partial charge in [-0.1, -0.05) is 12.1 Å². The molecule has 4 heteroatoms. The van der Waals surface area contributed by atoms with Crippen LogP contribution in [0.15, 0.2) is 23.1 Å². The van der Waals surface area contributed by atoms with Crippen molar-refractivity contribution in [3.63, 3.8) is 0 Å². The van der Waals surface area contributed by atoms with Crippen molar-refractivity contribution in [2.24, 2.45) is 0 Å². The van der Waals surface area contributed by atoms with Crippen LogP contribution in [-0.2, 0) is 9.84 Å². The van der Waals surface area contributed by atoms with Crippen molar-refractivity contribution in [3.8, 4) is 0 Å². The van der Waals surface area contributed by atoms with Crippen molar-refractivity contribution in [1.82, 2.24) is 0 Å². The molecule has 0 aromatic heterocycles.